The average molecular weight is 261 g/mol. The second kappa shape index (κ2) is 5.07. The van der Waals surface area contributed by atoms with Crippen LogP contribution in [0.2, 0.25) is 6.55 Å². The van der Waals surface area contributed by atoms with Gasteiger partial charge in [0.15, 0.2) is 7.38 Å². The largest absolute Gasteiger partial charge is 0.190 e. The SMILES string of the molecule is CC(c1ccccc1)[Si](C)(Cl)c1ccccc1. The van der Waals surface area contributed by atoms with Gasteiger partial charge in [-0.15, -0.1) is 0 Å². The maximum atomic E-state index is 6.89. The van der Waals surface area contributed by atoms with Gasteiger partial charge >= 0.3 is 0 Å². The Kier molecular flexibility index (Phi) is 3.70. The van der Waals surface area contributed by atoms with E-state index in [1.165, 1.54) is 10.8 Å². The van der Waals surface area contributed by atoms with Gasteiger partial charge in [-0.25, -0.2) is 0 Å². The van der Waals surface area contributed by atoms with E-state index in [9.17, 15) is 0 Å². The quantitative estimate of drug-likeness (QED) is 0.577. The lowest BCUT2D eigenvalue weighted by Gasteiger charge is -2.27. The van der Waals surface area contributed by atoms with Crippen LogP contribution in [0.5, 0.6) is 0 Å². The van der Waals surface area contributed by atoms with E-state index in [0.717, 1.165) is 0 Å². The van der Waals surface area contributed by atoms with Crippen molar-refractivity contribution in [1.29, 1.82) is 0 Å². The molecule has 0 aliphatic rings. The molecule has 2 aromatic carbocycles. The van der Waals surface area contributed by atoms with Gasteiger partial charge in [0.25, 0.3) is 0 Å². The zero-order valence-electron chi connectivity index (χ0n) is 10.2. The van der Waals surface area contributed by atoms with Crippen LogP contribution >= 0.6 is 11.1 Å². The van der Waals surface area contributed by atoms with Gasteiger partial charge in [0.1, 0.15) is 0 Å². The first kappa shape index (κ1) is 12.4. The van der Waals surface area contributed by atoms with Gasteiger partial charge in [-0.1, -0.05) is 74.1 Å². The van der Waals surface area contributed by atoms with Crippen molar-refractivity contribution in [3.05, 3.63) is 66.2 Å². The predicted octanol–water partition coefficient (Wildman–Crippen LogP) is 4.05. The first-order chi connectivity index (χ1) is 8.12. The Bertz CT molecular complexity index is 465. The molecule has 0 aliphatic carbocycles. The maximum absolute atomic E-state index is 6.89. The Morgan fingerprint density at radius 3 is 1.88 bits per heavy atom. The first-order valence-electron chi connectivity index (χ1n) is 5.92. The molecule has 17 heavy (non-hydrogen) atoms. The number of benzene rings is 2. The van der Waals surface area contributed by atoms with E-state index in [0.29, 0.717) is 5.54 Å². The highest BCUT2D eigenvalue weighted by Gasteiger charge is 2.34. The normalized spacial score (nSPS) is 16.2. The molecule has 88 valence electrons. The molecule has 2 heteroatoms. The minimum absolute atomic E-state index is 0.410. The fourth-order valence-corrected chi connectivity index (χ4v) is 4.99. The van der Waals surface area contributed by atoms with Crippen molar-refractivity contribution in [2.24, 2.45) is 0 Å². The highest BCUT2D eigenvalue weighted by molar-refractivity contribution is 7.27. The molecule has 0 spiro atoms. The summed E-state index contributed by atoms with van der Waals surface area (Å²) >= 11 is 6.89. The Morgan fingerprint density at radius 2 is 1.35 bits per heavy atom. The van der Waals surface area contributed by atoms with E-state index in [1.807, 2.05) is 12.1 Å². The van der Waals surface area contributed by atoms with Crippen molar-refractivity contribution in [2.45, 2.75) is 19.0 Å². The molecule has 0 aromatic heterocycles. The van der Waals surface area contributed by atoms with E-state index in [2.05, 4.69) is 62.0 Å². The minimum Gasteiger partial charge on any atom is -0.161 e. The van der Waals surface area contributed by atoms with E-state index >= 15 is 0 Å². The second-order valence-corrected chi connectivity index (χ2v) is 10.5. The van der Waals surface area contributed by atoms with E-state index < -0.39 is 7.38 Å². The number of halogens is 1. The van der Waals surface area contributed by atoms with Gasteiger partial charge in [-0.05, 0) is 16.3 Å². The lowest BCUT2D eigenvalue weighted by molar-refractivity contribution is 1.04. The van der Waals surface area contributed by atoms with Crippen LogP contribution in [0.3, 0.4) is 0 Å². The fraction of sp³-hybridized carbons (Fsp3) is 0.200. The molecule has 0 aliphatic heterocycles. The van der Waals surface area contributed by atoms with Crippen molar-refractivity contribution in [3.63, 3.8) is 0 Å². The van der Waals surface area contributed by atoms with Gasteiger partial charge in [0.05, 0.1) is 0 Å². The van der Waals surface area contributed by atoms with Crippen LogP contribution < -0.4 is 5.19 Å². The van der Waals surface area contributed by atoms with Crippen molar-refractivity contribution < 1.29 is 0 Å². The van der Waals surface area contributed by atoms with Crippen LogP contribution in [0.15, 0.2) is 60.7 Å². The first-order valence-corrected chi connectivity index (χ1v) is 9.50. The molecule has 0 amide bonds. The smallest absolute Gasteiger partial charge is 0.161 e. The number of rotatable bonds is 3. The minimum atomic E-state index is -1.95. The van der Waals surface area contributed by atoms with Crippen LogP contribution in [0.25, 0.3) is 0 Å². The summed E-state index contributed by atoms with van der Waals surface area (Å²) in [4.78, 5) is 0. The molecule has 2 aromatic rings. The standard InChI is InChI=1S/C15H17ClSi/c1-13(14-9-5-3-6-10-14)17(2,16)15-11-7-4-8-12-15/h3-13H,1-2H3. The molecule has 0 saturated carbocycles. The lowest BCUT2D eigenvalue weighted by atomic mass is 10.2. The average Bonchev–Trinajstić information content (AvgIpc) is 2.40. The van der Waals surface area contributed by atoms with Gasteiger partial charge in [0, 0.05) is 0 Å². The second-order valence-electron chi connectivity index (χ2n) is 4.57. The molecule has 0 fully saturated rings. The summed E-state index contributed by atoms with van der Waals surface area (Å²) in [5, 5.41) is 1.30. The van der Waals surface area contributed by atoms with Gasteiger partial charge < -0.3 is 0 Å². The Hall–Kier alpha value is -1.05. The number of hydrogen-bond acceptors (Lipinski definition) is 0. The fourth-order valence-electron chi connectivity index (χ4n) is 2.07. The van der Waals surface area contributed by atoms with Crippen LogP contribution in [0.4, 0.5) is 0 Å². The zero-order chi connectivity index (χ0) is 12.3. The highest BCUT2D eigenvalue weighted by atomic mass is 35.6. The van der Waals surface area contributed by atoms with Crippen molar-refractivity contribution in [2.75, 3.05) is 0 Å². The number of hydrogen-bond donors (Lipinski definition) is 0. The Labute approximate surface area is 109 Å². The third kappa shape index (κ3) is 2.62. The van der Waals surface area contributed by atoms with E-state index in [4.69, 9.17) is 11.1 Å². The summed E-state index contributed by atoms with van der Waals surface area (Å²) in [5.41, 5.74) is 1.74. The third-order valence-electron chi connectivity index (χ3n) is 3.45. The van der Waals surface area contributed by atoms with Crippen LogP contribution in [0.1, 0.15) is 18.0 Å². The molecule has 2 rings (SSSR count). The van der Waals surface area contributed by atoms with Crippen LogP contribution in [-0.2, 0) is 0 Å². The molecule has 0 heterocycles. The van der Waals surface area contributed by atoms with E-state index in [-0.39, 0.29) is 0 Å². The zero-order valence-corrected chi connectivity index (χ0v) is 12.0. The van der Waals surface area contributed by atoms with Gasteiger partial charge in [0.2, 0.25) is 0 Å². The summed E-state index contributed by atoms with van der Waals surface area (Å²) in [6, 6.07) is 21.0. The topological polar surface area (TPSA) is 0 Å². The summed E-state index contributed by atoms with van der Waals surface area (Å²) in [5.74, 6) is 0. The molecule has 0 saturated heterocycles. The molecule has 2 unspecified atom stereocenters. The summed E-state index contributed by atoms with van der Waals surface area (Å²) in [6.45, 7) is 4.46. The Morgan fingerprint density at radius 1 is 0.882 bits per heavy atom. The van der Waals surface area contributed by atoms with Crippen molar-refractivity contribution in [1.82, 2.24) is 0 Å². The molecule has 0 nitrogen and oxygen atoms in total. The predicted molar refractivity (Wildman–Crippen MR) is 78.4 cm³/mol. The highest BCUT2D eigenvalue weighted by Crippen LogP contribution is 2.29. The molecular formula is C15H17ClSi. The maximum Gasteiger partial charge on any atom is 0.190 e. The van der Waals surface area contributed by atoms with Gasteiger partial charge in [-0.3, -0.25) is 0 Å². The lowest BCUT2D eigenvalue weighted by Crippen LogP contribution is -2.44. The monoisotopic (exact) mass is 260 g/mol. The van der Waals surface area contributed by atoms with Crippen molar-refractivity contribution in [3.8, 4) is 0 Å². The van der Waals surface area contributed by atoms with Crippen LogP contribution in [0, 0.1) is 0 Å². The van der Waals surface area contributed by atoms with Gasteiger partial charge in [-0.2, -0.15) is 11.1 Å². The molecule has 0 N–H and O–H groups in total. The summed E-state index contributed by atoms with van der Waals surface area (Å²) in [7, 11) is -1.95. The molecule has 0 bridgehead atoms. The van der Waals surface area contributed by atoms with Crippen molar-refractivity contribution >= 4 is 23.6 Å². The summed E-state index contributed by atoms with van der Waals surface area (Å²) < 4.78 is 0. The van der Waals surface area contributed by atoms with E-state index in [1.54, 1.807) is 0 Å². The molecular weight excluding hydrogens is 244 g/mol. The summed E-state index contributed by atoms with van der Waals surface area (Å²) in [6.07, 6.45) is 0. The molecule has 2 atom stereocenters. The molecule has 0 radical (unpaired) electrons. The third-order valence-corrected chi connectivity index (χ3v) is 8.51. The van der Waals surface area contributed by atoms with Crippen LogP contribution in [-0.4, -0.2) is 7.38 Å². The Balaban J connectivity index is 2.33.